The summed E-state index contributed by atoms with van der Waals surface area (Å²) in [5.41, 5.74) is 3.36. The maximum absolute atomic E-state index is 12.8. The number of benzene rings is 1. The van der Waals surface area contributed by atoms with Crippen LogP contribution in [0, 0.1) is 0 Å². The number of aromatic amines is 1. The highest BCUT2D eigenvalue weighted by Gasteiger charge is 2.20. The van der Waals surface area contributed by atoms with Gasteiger partial charge in [0.05, 0.1) is 5.39 Å². The van der Waals surface area contributed by atoms with Crippen molar-refractivity contribution in [2.75, 3.05) is 0 Å². The first-order chi connectivity index (χ1) is 11.7. The lowest BCUT2D eigenvalue weighted by atomic mass is 9.97. The molecule has 4 aromatic rings. The predicted octanol–water partition coefficient (Wildman–Crippen LogP) is 4.02. The highest BCUT2D eigenvalue weighted by atomic mass is 32.1. The lowest BCUT2D eigenvalue weighted by Gasteiger charge is -2.09. The number of para-hydroxylation sites is 1. The molecule has 0 fully saturated rings. The Balaban J connectivity index is 1.80. The molecule has 0 unspecified atom stereocenters. The van der Waals surface area contributed by atoms with Gasteiger partial charge in [-0.3, -0.25) is 4.79 Å². The molecule has 24 heavy (non-hydrogen) atoms. The fourth-order valence-corrected chi connectivity index (χ4v) is 5.08. The largest absolute Gasteiger partial charge is 0.350 e. The summed E-state index contributed by atoms with van der Waals surface area (Å²) in [5.74, 6) is 0.669. The minimum atomic E-state index is 0.00216. The van der Waals surface area contributed by atoms with E-state index in [-0.39, 0.29) is 5.56 Å². The van der Waals surface area contributed by atoms with Crippen molar-refractivity contribution in [3.8, 4) is 11.4 Å². The van der Waals surface area contributed by atoms with Gasteiger partial charge in [-0.2, -0.15) is 0 Å². The van der Waals surface area contributed by atoms with E-state index in [1.165, 1.54) is 23.3 Å². The minimum Gasteiger partial charge on any atom is -0.350 e. The van der Waals surface area contributed by atoms with Crippen molar-refractivity contribution in [2.24, 2.45) is 7.05 Å². The molecule has 1 N–H and O–H groups in total. The van der Waals surface area contributed by atoms with Gasteiger partial charge >= 0.3 is 0 Å². The molecule has 5 heteroatoms. The molecule has 3 aromatic heterocycles. The molecule has 0 bridgehead atoms. The van der Waals surface area contributed by atoms with Crippen LogP contribution in [-0.4, -0.2) is 14.5 Å². The summed E-state index contributed by atoms with van der Waals surface area (Å²) >= 11 is 1.70. The zero-order valence-corrected chi connectivity index (χ0v) is 14.2. The number of hydrogen-bond donors (Lipinski definition) is 1. The molecule has 0 saturated carbocycles. The lowest BCUT2D eigenvalue weighted by molar-refractivity contribution is 0.700. The molecule has 1 aliphatic carbocycles. The van der Waals surface area contributed by atoms with Crippen molar-refractivity contribution < 1.29 is 0 Å². The maximum Gasteiger partial charge on any atom is 0.260 e. The van der Waals surface area contributed by atoms with Gasteiger partial charge in [0.25, 0.3) is 5.56 Å². The zero-order chi connectivity index (χ0) is 16.3. The van der Waals surface area contributed by atoms with Crippen LogP contribution in [0.25, 0.3) is 32.5 Å². The Morgan fingerprint density at radius 2 is 2.04 bits per heavy atom. The summed E-state index contributed by atoms with van der Waals surface area (Å²) in [5, 5.41) is 1.93. The second-order valence-electron chi connectivity index (χ2n) is 6.48. The minimum absolute atomic E-state index is 0.00216. The molecular formula is C19H17N3OS. The molecule has 0 aliphatic heterocycles. The summed E-state index contributed by atoms with van der Waals surface area (Å²) in [6.45, 7) is 0. The van der Waals surface area contributed by atoms with Crippen molar-refractivity contribution in [3.05, 3.63) is 51.3 Å². The number of hydrogen-bond acceptors (Lipinski definition) is 3. The third kappa shape index (κ3) is 1.91. The molecule has 5 rings (SSSR count). The Labute approximate surface area is 142 Å². The highest BCUT2D eigenvalue weighted by Crippen LogP contribution is 2.35. The molecule has 0 amide bonds. The molecule has 0 spiro atoms. The first kappa shape index (κ1) is 14.0. The van der Waals surface area contributed by atoms with Crippen LogP contribution in [-0.2, 0) is 19.9 Å². The van der Waals surface area contributed by atoms with Gasteiger partial charge in [0.1, 0.15) is 10.7 Å². The molecule has 1 aromatic carbocycles. The smallest absolute Gasteiger partial charge is 0.260 e. The summed E-state index contributed by atoms with van der Waals surface area (Å²) in [7, 11) is 2.02. The van der Waals surface area contributed by atoms with Gasteiger partial charge in [-0.05, 0) is 37.3 Å². The third-order valence-corrected chi connectivity index (χ3v) is 6.16. The van der Waals surface area contributed by atoms with E-state index in [0.717, 1.165) is 39.5 Å². The predicted molar refractivity (Wildman–Crippen MR) is 98.8 cm³/mol. The normalized spacial score (nSPS) is 14.4. The van der Waals surface area contributed by atoms with Gasteiger partial charge in [0.15, 0.2) is 0 Å². The molecule has 1 aliphatic rings. The SMILES string of the molecule is Cn1cc(-c2nc3sc4c(c3c(=O)[nH]2)CCCC4)c2ccccc21. The number of nitrogens with one attached hydrogen (secondary N) is 1. The molecule has 4 nitrogen and oxygen atoms in total. The standard InChI is InChI=1S/C19H17N3OS/c1-22-10-13(11-6-2-4-8-14(11)22)17-20-18(23)16-12-7-3-5-9-15(12)24-19(16)21-17/h2,4,6,8,10H,3,5,7,9H2,1H3,(H,20,21,23). The number of aromatic nitrogens is 3. The van der Waals surface area contributed by atoms with E-state index >= 15 is 0 Å². The van der Waals surface area contributed by atoms with Crippen LogP contribution in [0.3, 0.4) is 0 Å². The average molecular weight is 335 g/mol. The second kappa shape index (κ2) is 5.05. The van der Waals surface area contributed by atoms with Gasteiger partial charge in [0, 0.05) is 34.6 Å². The van der Waals surface area contributed by atoms with E-state index < -0.39 is 0 Å². The van der Waals surface area contributed by atoms with Gasteiger partial charge in [-0.1, -0.05) is 18.2 Å². The van der Waals surface area contributed by atoms with Crippen LogP contribution < -0.4 is 5.56 Å². The van der Waals surface area contributed by atoms with Gasteiger partial charge in [0.2, 0.25) is 0 Å². The molecule has 120 valence electrons. The van der Waals surface area contributed by atoms with Crippen LogP contribution in [0.15, 0.2) is 35.3 Å². The number of rotatable bonds is 1. The maximum atomic E-state index is 12.8. The van der Waals surface area contributed by atoms with Crippen LogP contribution in [0.2, 0.25) is 0 Å². The van der Waals surface area contributed by atoms with Gasteiger partial charge < -0.3 is 9.55 Å². The number of aryl methyl sites for hydroxylation is 3. The summed E-state index contributed by atoms with van der Waals surface area (Å²) < 4.78 is 2.08. The first-order valence-corrected chi connectivity index (χ1v) is 9.13. The van der Waals surface area contributed by atoms with Crippen LogP contribution in [0.5, 0.6) is 0 Å². The number of thiophene rings is 1. The second-order valence-corrected chi connectivity index (χ2v) is 7.56. The van der Waals surface area contributed by atoms with Crippen molar-refractivity contribution in [3.63, 3.8) is 0 Å². The third-order valence-electron chi connectivity index (χ3n) is 4.98. The average Bonchev–Trinajstić information content (AvgIpc) is 3.13. The van der Waals surface area contributed by atoms with E-state index in [4.69, 9.17) is 4.98 Å². The molecule has 0 radical (unpaired) electrons. The molecule has 3 heterocycles. The number of fused-ring (bicyclic) bond motifs is 4. The zero-order valence-electron chi connectivity index (χ0n) is 13.4. The monoisotopic (exact) mass is 335 g/mol. The highest BCUT2D eigenvalue weighted by molar-refractivity contribution is 7.18. The van der Waals surface area contributed by atoms with Crippen molar-refractivity contribution in [1.82, 2.24) is 14.5 Å². The van der Waals surface area contributed by atoms with Gasteiger partial charge in [-0.25, -0.2) is 4.98 Å². The van der Waals surface area contributed by atoms with Crippen LogP contribution in [0.1, 0.15) is 23.3 Å². The lowest BCUT2D eigenvalue weighted by Crippen LogP contribution is -2.11. The van der Waals surface area contributed by atoms with Crippen LogP contribution in [0.4, 0.5) is 0 Å². The summed E-state index contributed by atoms with van der Waals surface area (Å²) in [4.78, 5) is 22.8. The number of nitrogens with zero attached hydrogens (tertiary/aromatic N) is 2. The van der Waals surface area contributed by atoms with Crippen molar-refractivity contribution in [1.29, 1.82) is 0 Å². The molecule has 0 atom stereocenters. The quantitative estimate of drug-likeness (QED) is 0.571. The Hall–Kier alpha value is -2.40. The van der Waals surface area contributed by atoms with Crippen LogP contribution >= 0.6 is 11.3 Å². The van der Waals surface area contributed by atoms with E-state index in [2.05, 4.69) is 21.7 Å². The topological polar surface area (TPSA) is 50.7 Å². The summed E-state index contributed by atoms with van der Waals surface area (Å²) in [6.07, 6.45) is 6.52. The first-order valence-electron chi connectivity index (χ1n) is 8.31. The van der Waals surface area contributed by atoms with Crippen molar-refractivity contribution in [2.45, 2.75) is 25.7 Å². The van der Waals surface area contributed by atoms with E-state index in [9.17, 15) is 4.79 Å². The Kier molecular flexibility index (Phi) is 2.94. The fraction of sp³-hybridized carbons (Fsp3) is 0.263. The van der Waals surface area contributed by atoms with Crippen molar-refractivity contribution >= 4 is 32.5 Å². The number of H-pyrrole nitrogens is 1. The van der Waals surface area contributed by atoms with Gasteiger partial charge in [-0.15, -0.1) is 11.3 Å². The van der Waals surface area contributed by atoms with E-state index in [0.29, 0.717) is 5.82 Å². The molecular weight excluding hydrogens is 318 g/mol. The Morgan fingerprint density at radius 1 is 1.21 bits per heavy atom. The van der Waals surface area contributed by atoms with E-state index in [1.54, 1.807) is 11.3 Å². The summed E-state index contributed by atoms with van der Waals surface area (Å²) in [6, 6.07) is 8.21. The Bertz CT molecular complexity index is 1150. The fourth-order valence-electron chi connectivity index (χ4n) is 3.82. The molecule has 0 saturated heterocycles. The van der Waals surface area contributed by atoms with E-state index in [1.807, 2.05) is 25.4 Å². The Morgan fingerprint density at radius 3 is 2.96 bits per heavy atom.